The van der Waals surface area contributed by atoms with E-state index in [4.69, 9.17) is 9.47 Å². The van der Waals surface area contributed by atoms with Crippen LogP contribution in [0.3, 0.4) is 0 Å². The normalized spacial score (nSPS) is 13.1. The SMILES string of the molecule is CC/C=C\C/C=C\C/C=C\C/C=C\C/C=C\CCCCCCCCCCCCOCC(CO)OC(=O)CCCCCCCCC/C=C\C/C=C\CCCCCC. The van der Waals surface area contributed by atoms with E-state index in [1.807, 2.05) is 0 Å². The van der Waals surface area contributed by atoms with E-state index in [2.05, 4.69) is 98.9 Å². The van der Waals surface area contributed by atoms with Crippen molar-refractivity contribution in [1.29, 1.82) is 0 Å². The molecule has 0 aromatic heterocycles. The number of aliphatic hydroxyl groups excluding tert-OH is 1. The van der Waals surface area contributed by atoms with E-state index in [0.29, 0.717) is 13.0 Å². The lowest BCUT2D eigenvalue weighted by molar-refractivity contribution is -0.154. The predicted octanol–water partition coefficient (Wildman–Crippen LogP) is 15.9. The van der Waals surface area contributed by atoms with Crippen LogP contribution >= 0.6 is 0 Å². The van der Waals surface area contributed by atoms with Crippen molar-refractivity contribution in [1.82, 2.24) is 0 Å². The van der Waals surface area contributed by atoms with Gasteiger partial charge >= 0.3 is 5.97 Å². The third kappa shape index (κ3) is 46.0. The minimum atomic E-state index is -0.546. The van der Waals surface area contributed by atoms with Gasteiger partial charge in [-0.1, -0.05) is 202 Å². The highest BCUT2D eigenvalue weighted by molar-refractivity contribution is 5.69. The summed E-state index contributed by atoms with van der Waals surface area (Å²) in [4.78, 5) is 12.2. The zero-order valence-corrected chi connectivity index (χ0v) is 36.9. The van der Waals surface area contributed by atoms with Gasteiger partial charge in [0, 0.05) is 13.0 Å². The summed E-state index contributed by atoms with van der Waals surface area (Å²) in [5.74, 6) is -0.212. The van der Waals surface area contributed by atoms with Crippen LogP contribution in [0.15, 0.2) is 85.1 Å². The Bertz CT molecular complexity index is 1000. The Morgan fingerprint density at radius 3 is 1.21 bits per heavy atom. The highest BCUT2D eigenvalue weighted by atomic mass is 16.6. The maximum Gasteiger partial charge on any atom is 0.306 e. The van der Waals surface area contributed by atoms with E-state index in [1.165, 1.54) is 135 Å². The molecular formula is C52H90O4. The topological polar surface area (TPSA) is 55.8 Å². The molecule has 4 nitrogen and oxygen atoms in total. The molecule has 0 spiro atoms. The second-order valence-corrected chi connectivity index (χ2v) is 15.4. The summed E-state index contributed by atoms with van der Waals surface area (Å²) in [5, 5.41) is 9.63. The fourth-order valence-corrected chi connectivity index (χ4v) is 6.44. The number of aliphatic hydroxyl groups is 1. The van der Waals surface area contributed by atoms with Crippen molar-refractivity contribution in [3.8, 4) is 0 Å². The summed E-state index contributed by atoms with van der Waals surface area (Å²) in [6.45, 7) is 5.20. The zero-order valence-electron chi connectivity index (χ0n) is 36.9. The molecule has 0 aliphatic heterocycles. The van der Waals surface area contributed by atoms with Crippen LogP contribution < -0.4 is 0 Å². The molecule has 0 aliphatic rings. The number of carbonyl (C=O) groups is 1. The van der Waals surface area contributed by atoms with E-state index < -0.39 is 6.10 Å². The number of esters is 1. The van der Waals surface area contributed by atoms with Crippen molar-refractivity contribution in [2.45, 2.75) is 219 Å². The molecule has 1 unspecified atom stereocenters. The smallest absolute Gasteiger partial charge is 0.306 e. The molecule has 0 saturated carbocycles. The zero-order chi connectivity index (χ0) is 40.5. The molecule has 1 N–H and O–H groups in total. The summed E-state index contributed by atoms with van der Waals surface area (Å²) < 4.78 is 11.2. The minimum absolute atomic E-state index is 0.180. The maximum atomic E-state index is 12.2. The summed E-state index contributed by atoms with van der Waals surface area (Å²) in [7, 11) is 0. The van der Waals surface area contributed by atoms with Gasteiger partial charge in [-0.3, -0.25) is 4.79 Å². The molecule has 0 aromatic rings. The summed E-state index contributed by atoms with van der Waals surface area (Å²) in [6.07, 6.45) is 68.0. The molecule has 322 valence electrons. The molecule has 56 heavy (non-hydrogen) atoms. The number of unbranched alkanes of at least 4 members (excludes halogenated alkanes) is 21. The lowest BCUT2D eigenvalue weighted by Gasteiger charge is -2.16. The first kappa shape index (κ1) is 53.6. The van der Waals surface area contributed by atoms with Crippen molar-refractivity contribution in [2.75, 3.05) is 19.8 Å². The highest BCUT2D eigenvalue weighted by Crippen LogP contribution is 2.13. The molecule has 0 aliphatic carbocycles. The lowest BCUT2D eigenvalue weighted by Crippen LogP contribution is -2.27. The van der Waals surface area contributed by atoms with Crippen LogP contribution in [0.2, 0.25) is 0 Å². The number of carbonyl (C=O) groups excluding carboxylic acids is 1. The Hall–Kier alpha value is -2.43. The van der Waals surface area contributed by atoms with E-state index in [0.717, 1.165) is 57.8 Å². The van der Waals surface area contributed by atoms with Gasteiger partial charge in [-0.25, -0.2) is 0 Å². The average molecular weight is 779 g/mol. The van der Waals surface area contributed by atoms with Crippen LogP contribution in [-0.4, -0.2) is 37.0 Å². The van der Waals surface area contributed by atoms with Crippen molar-refractivity contribution in [3.63, 3.8) is 0 Å². The van der Waals surface area contributed by atoms with Crippen molar-refractivity contribution < 1.29 is 19.4 Å². The van der Waals surface area contributed by atoms with Crippen LogP contribution in [0.5, 0.6) is 0 Å². The van der Waals surface area contributed by atoms with E-state index >= 15 is 0 Å². The van der Waals surface area contributed by atoms with Crippen LogP contribution in [0, 0.1) is 0 Å². The first-order valence-corrected chi connectivity index (χ1v) is 23.7. The molecule has 0 aromatic carbocycles. The molecule has 0 heterocycles. The fraction of sp³-hybridized carbons (Fsp3) is 0.712. The number of ether oxygens (including phenoxy) is 2. The number of hydrogen-bond acceptors (Lipinski definition) is 4. The van der Waals surface area contributed by atoms with Gasteiger partial charge in [-0.2, -0.15) is 0 Å². The molecule has 0 rings (SSSR count). The summed E-state index contributed by atoms with van der Waals surface area (Å²) >= 11 is 0. The number of allylic oxidation sites excluding steroid dienone is 14. The Labute approximate surface area is 348 Å². The predicted molar refractivity (Wildman–Crippen MR) is 246 cm³/mol. The van der Waals surface area contributed by atoms with Gasteiger partial charge in [0.1, 0.15) is 6.10 Å². The molecular weight excluding hydrogens is 689 g/mol. The molecule has 0 bridgehead atoms. The monoisotopic (exact) mass is 779 g/mol. The van der Waals surface area contributed by atoms with Gasteiger partial charge in [0.05, 0.1) is 13.2 Å². The van der Waals surface area contributed by atoms with Crippen molar-refractivity contribution >= 4 is 5.97 Å². The van der Waals surface area contributed by atoms with Crippen LogP contribution in [0.25, 0.3) is 0 Å². The lowest BCUT2D eigenvalue weighted by atomic mass is 10.1. The van der Waals surface area contributed by atoms with Gasteiger partial charge in [0.15, 0.2) is 0 Å². The van der Waals surface area contributed by atoms with Crippen LogP contribution in [0.4, 0.5) is 0 Å². The largest absolute Gasteiger partial charge is 0.457 e. The molecule has 0 amide bonds. The maximum absolute atomic E-state index is 12.2. The second-order valence-electron chi connectivity index (χ2n) is 15.4. The molecule has 0 saturated heterocycles. The van der Waals surface area contributed by atoms with Gasteiger partial charge in [-0.15, -0.1) is 0 Å². The molecule has 0 fully saturated rings. The van der Waals surface area contributed by atoms with Gasteiger partial charge in [0.2, 0.25) is 0 Å². The van der Waals surface area contributed by atoms with Crippen LogP contribution in [0.1, 0.15) is 213 Å². The van der Waals surface area contributed by atoms with Gasteiger partial charge in [-0.05, 0) is 89.9 Å². The quantitative estimate of drug-likeness (QED) is 0.0380. The third-order valence-electron chi connectivity index (χ3n) is 9.95. The Morgan fingerprint density at radius 2 is 0.804 bits per heavy atom. The first-order chi connectivity index (χ1) is 27.7. The van der Waals surface area contributed by atoms with Crippen molar-refractivity contribution in [2.24, 2.45) is 0 Å². The average Bonchev–Trinajstić information content (AvgIpc) is 3.20. The number of rotatable bonds is 43. The van der Waals surface area contributed by atoms with Gasteiger partial charge in [0.25, 0.3) is 0 Å². The molecule has 0 radical (unpaired) electrons. The minimum Gasteiger partial charge on any atom is -0.457 e. The summed E-state index contributed by atoms with van der Waals surface area (Å²) in [6, 6.07) is 0. The van der Waals surface area contributed by atoms with Crippen molar-refractivity contribution in [3.05, 3.63) is 85.1 Å². The fourth-order valence-electron chi connectivity index (χ4n) is 6.44. The highest BCUT2D eigenvalue weighted by Gasteiger charge is 2.13. The number of hydrogen-bond donors (Lipinski definition) is 1. The summed E-state index contributed by atoms with van der Waals surface area (Å²) in [5.41, 5.74) is 0. The van der Waals surface area contributed by atoms with Crippen LogP contribution in [-0.2, 0) is 14.3 Å². The van der Waals surface area contributed by atoms with E-state index in [-0.39, 0.29) is 19.2 Å². The third-order valence-corrected chi connectivity index (χ3v) is 9.95. The van der Waals surface area contributed by atoms with Gasteiger partial charge < -0.3 is 14.6 Å². The van der Waals surface area contributed by atoms with E-state index in [9.17, 15) is 9.90 Å². The first-order valence-electron chi connectivity index (χ1n) is 23.7. The standard InChI is InChI=1S/C52H90O4/c1-3-5-7-9-11-13-15-17-19-21-23-24-25-26-27-28-29-30-32-34-36-38-40-42-44-46-48-55-50-51(49-53)56-52(54)47-45-43-41-39-37-35-33-31-22-20-18-16-14-12-10-8-6-4-2/h5,7,11,13-14,16-17,19-20,22-24,26-27,51,53H,3-4,6,8-10,12,15,18,21,25,28-50H2,1-2H3/b7-5-,13-11-,16-14-,19-17-,22-20-,24-23-,27-26-. The second kappa shape index (κ2) is 48.7. The molecule has 1 atom stereocenters. The Morgan fingerprint density at radius 1 is 0.446 bits per heavy atom. The van der Waals surface area contributed by atoms with E-state index in [1.54, 1.807) is 0 Å². The Kier molecular flexibility index (Phi) is 46.6. The molecule has 4 heteroatoms. The Balaban J connectivity index is 3.47.